The maximum atomic E-state index is 13.4. The van der Waals surface area contributed by atoms with Crippen LogP contribution in [0.5, 0.6) is 5.75 Å². The lowest BCUT2D eigenvalue weighted by atomic mass is 10.2. The maximum Gasteiger partial charge on any atom is 0.128 e. The minimum Gasteiger partial charge on any atom is -0.494 e. The summed E-state index contributed by atoms with van der Waals surface area (Å²) in [5, 5.41) is 3.22. The van der Waals surface area contributed by atoms with Gasteiger partial charge in [0, 0.05) is 12.2 Å². The molecule has 21 heavy (non-hydrogen) atoms. The van der Waals surface area contributed by atoms with Crippen molar-refractivity contribution in [3.05, 3.63) is 59.4 Å². The summed E-state index contributed by atoms with van der Waals surface area (Å²) in [5.74, 6) is 0.716. The second kappa shape index (κ2) is 7.67. The lowest BCUT2D eigenvalue weighted by Crippen LogP contribution is -2.01. The SMILES string of the molecule is CCCCOc1ccc(CNc2ccc(C)c(F)c2)cc1. The second-order valence-electron chi connectivity index (χ2n) is 5.16. The molecule has 0 radical (unpaired) electrons. The highest BCUT2D eigenvalue weighted by atomic mass is 19.1. The molecular weight excluding hydrogens is 265 g/mol. The quantitative estimate of drug-likeness (QED) is 0.729. The normalized spacial score (nSPS) is 10.4. The molecule has 0 unspecified atom stereocenters. The van der Waals surface area contributed by atoms with E-state index in [1.165, 1.54) is 6.07 Å². The lowest BCUT2D eigenvalue weighted by molar-refractivity contribution is 0.309. The molecule has 0 saturated heterocycles. The summed E-state index contributed by atoms with van der Waals surface area (Å²) < 4.78 is 19.1. The molecule has 0 spiro atoms. The van der Waals surface area contributed by atoms with Gasteiger partial charge in [0.1, 0.15) is 11.6 Å². The van der Waals surface area contributed by atoms with Gasteiger partial charge in [-0.1, -0.05) is 31.5 Å². The molecule has 1 N–H and O–H groups in total. The van der Waals surface area contributed by atoms with Crippen LogP contribution in [0.1, 0.15) is 30.9 Å². The zero-order chi connectivity index (χ0) is 15.1. The summed E-state index contributed by atoms with van der Waals surface area (Å²) >= 11 is 0. The van der Waals surface area contributed by atoms with Gasteiger partial charge in [0.2, 0.25) is 0 Å². The van der Waals surface area contributed by atoms with Crippen LogP contribution in [0.15, 0.2) is 42.5 Å². The van der Waals surface area contributed by atoms with Crippen LogP contribution in [0.25, 0.3) is 0 Å². The van der Waals surface area contributed by atoms with Crippen molar-refractivity contribution < 1.29 is 9.13 Å². The highest BCUT2D eigenvalue weighted by molar-refractivity contribution is 5.45. The molecular formula is C18H22FNO. The van der Waals surface area contributed by atoms with Crippen LogP contribution in [0, 0.1) is 12.7 Å². The molecule has 0 aromatic heterocycles. The van der Waals surface area contributed by atoms with Gasteiger partial charge in [0.05, 0.1) is 6.61 Å². The van der Waals surface area contributed by atoms with E-state index in [0.717, 1.165) is 36.4 Å². The van der Waals surface area contributed by atoms with E-state index in [9.17, 15) is 4.39 Å². The first kappa shape index (κ1) is 15.4. The van der Waals surface area contributed by atoms with Crippen LogP contribution in [0.4, 0.5) is 10.1 Å². The number of hydrogen-bond donors (Lipinski definition) is 1. The predicted molar refractivity (Wildman–Crippen MR) is 85.3 cm³/mol. The van der Waals surface area contributed by atoms with E-state index in [2.05, 4.69) is 12.2 Å². The Balaban J connectivity index is 1.86. The van der Waals surface area contributed by atoms with Crippen molar-refractivity contribution in [2.24, 2.45) is 0 Å². The third-order valence-corrected chi connectivity index (χ3v) is 3.36. The number of rotatable bonds is 7. The summed E-state index contributed by atoms with van der Waals surface area (Å²) in [5.41, 5.74) is 2.59. The fourth-order valence-electron chi connectivity index (χ4n) is 1.94. The Morgan fingerprint density at radius 3 is 2.52 bits per heavy atom. The van der Waals surface area contributed by atoms with Gasteiger partial charge < -0.3 is 10.1 Å². The van der Waals surface area contributed by atoms with Crippen LogP contribution in [-0.2, 0) is 6.54 Å². The first-order valence-electron chi connectivity index (χ1n) is 7.41. The maximum absolute atomic E-state index is 13.4. The minimum atomic E-state index is -0.181. The Hall–Kier alpha value is -2.03. The monoisotopic (exact) mass is 287 g/mol. The molecule has 0 heterocycles. The largest absolute Gasteiger partial charge is 0.494 e. The number of nitrogens with one attached hydrogen (secondary N) is 1. The van der Waals surface area contributed by atoms with Crippen LogP contribution in [0.3, 0.4) is 0 Å². The summed E-state index contributed by atoms with van der Waals surface area (Å²) in [6.45, 7) is 5.33. The van der Waals surface area contributed by atoms with Gasteiger partial charge in [0.15, 0.2) is 0 Å². The highest BCUT2D eigenvalue weighted by Gasteiger charge is 2.00. The van der Waals surface area contributed by atoms with Crippen molar-refractivity contribution in [1.82, 2.24) is 0 Å². The van der Waals surface area contributed by atoms with E-state index in [1.54, 1.807) is 13.0 Å². The van der Waals surface area contributed by atoms with Crippen LogP contribution >= 0.6 is 0 Å². The average Bonchev–Trinajstić information content (AvgIpc) is 2.50. The highest BCUT2D eigenvalue weighted by Crippen LogP contribution is 2.16. The molecule has 112 valence electrons. The molecule has 0 fully saturated rings. The van der Waals surface area contributed by atoms with E-state index in [-0.39, 0.29) is 5.82 Å². The fourth-order valence-corrected chi connectivity index (χ4v) is 1.94. The Morgan fingerprint density at radius 2 is 1.86 bits per heavy atom. The number of hydrogen-bond acceptors (Lipinski definition) is 2. The number of aryl methyl sites for hydroxylation is 1. The molecule has 0 saturated carbocycles. The smallest absolute Gasteiger partial charge is 0.128 e. The zero-order valence-electron chi connectivity index (χ0n) is 12.7. The standard InChI is InChI=1S/C18H22FNO/c1-3-4-11-21-17-9-6-15(7-10-17)13-20-16-8-5-14(2)18(19)12-16/h5-10,12,20H,3-4,11,13H2,1-2H3. The van der Waals surface area contributed by atoms with E-state index in [1.807, 2.05) is 30.3 Å². The summed E-state index contributed by atoms with van der Waals surface area (Å²) in [6.07, 6.45) is 2.21. The van der Waals surface area contributed by atoms with E-state index in [0.29, 0.717) is 12.1 Å². The molecule has 0 bridgehead atoms. The first-order valence-corrected chi connectivity index (χ1v) is 7.41. The van der Waals surface area contributed by atoms with Gasteiger partial charge in [-0.15, -0.1) is 0 Å². The number of halogens is 1. The van der Waals surface area contributed by atoms with Crippen molar-refractivity contribution in [1.29, 1.82) is 0 Å². The Labute approximate surface area is 126 Å². The Bertz CT molecular complexity index is 566. The predicted octanol–water partition coefficient (Wildman–Crippen LogP) is 4.93. The lowest BCUT2D eigenvalue weighted by Gasteiger charge is -2.09. The van der Waals surface area contributed by atoms with Gasteiger partial charge in [0.25, 0.3) is 0 Å². The van der Waals surface area contributed by atoms with Crippen molar-refractivity contribution in [2.45, 2.75) is 33.2 Å². The average molecular weight is 287 g/mol. The summed E-state index contributed by atoms with van der Waals surface area (Å²) in [4.78, 5) is 0. The third kappa shape index (κ3) is 4.78. The summed E-state index contributed by atoms with van der Waals surface area (Å²) in [6, 6.07) is 13.2. The zero-order valence-corrected chi connectivity index (χ0v) is 12.7. The van der Waals surface area contributed by atoms with Crippen molar-refractivity contribution in [2.75, 3.05) is 11.9 Å². The van der Waals surface area contributed by atoms with Crippen LogP contribution in [-0.4, -0.2) is 6.61 Å². The molecule has 2 nitrogen and oxygen atoms in total. The van der Waals surface area contributed by atoms with Crippen LogP contribution < -0.4 is 10.1 Å². The number of unbranched alkanes of at least 4 members (excludes halogenated alkanes) is 1. The van der Waals surface area contributed by atoms with Crippen molar-refractivity contribution in [3.8, 4) is 5.75 Å². The minimum absolute atomic E-state index is 0.181. The molecule has 0 aliphatic rings. The first-order chi connectivity index (χ1) is 10.2. The topological polar surface area (TPSA) is 21.3 Å². The van der Waals surface area contributed by atoms with E-state index < -0.39 is 0 Å². The van der Waals surface area contributed by atoms with E-state index >= 15 is 0 Å². The number of benzene rings is 2. The molecule has 0 aliphatic carbocycles. The van der Waals surface area contributed by atoms with Gasteiger partial charge in [-0.25, -0.2) is 4.39 Å². The van der Waals surface area contributed by atoms with Gasteiger partial charge in [-0.3, -0.25) is 0 Å². The van der Waals surface area contributed by atoms with Gasteiger partial charge in [-0.2, -0.15) is 0 Å². The Kier molecular flexibility index (Phi) is 5.61. The number of anilines is 1. The van der Waals surface area contributed by atoms with E-state index in [4.69, 9.17) is 4.74 Å². The van der Waals surface area contributed by atoms with Gasteiger partial charge >= 0.3 is 0 Å². The molecule has 2 aromatic rings. The Morgan fingerprint density at radius 1 is 1.10 bits per heavy atom. The molecule has 2 rings (SSSR count). The molecule has 0 aliphatic heterocycles. The number of ether oxygens (including phenoxy) is 1. The fraction of sp³-hybridized carbons (Fsp3) is 0.333. The van der Waals surface area contributed by atoms with Crippen molar-refractivity contribution in [3.63, 3.8) is 0 Å². The third-order valence-electron chi connectivity index (χ3n) is 3.36. The van der Waals surface area contributed by atoms with Gasteiger partial charge in [-0.05, 0) is 48.7 Å². The van der Waals surface area contributed by atoms with Crippen molar-refractivity contribution >= 4 is 5.69 Å². The molecule has 0 atom stereocenters. The summed E-state index contributed by atoms with van der Waals surface area (Å²) in [7, 11) is 0. The molecule has 0 amide bonds. The van der Waals surface area contributed by atoms with Crippen LogP contribution in [0.2, 0.25) is 0 Å². The second-order valence-corrected chi connectivity index (χ2v) is 5.16. The molecule has 3 heteroatoms. The molecule has 2 aromatic carbocycles.